The van der Waals surface area contributed by atoms with Crippen molar-refractivity contribution in [1.82, 2.24) is 25.1 Å². The lowest BCUT2D eigenvalue weighted by atomic mass is 10.1. The highest BCUT2D eigenvalue weighted by Crippen LogP contribution is 2.39. The van der Waals surface area contributed by atoms with E-state index in [-0.39, 0.29) is 11.9 Å². The van der Waals surface area contributed by atoms with Crippen LogP contribution in [0.2, 0.25) is 0 Å². The van der Waals surface area contributed by atoms with Crippen LogP contribution in [0.15, 0.2) is 24.7 Å². The number of ether oxygens (including phenoxy) is 1. The Bertz CT molecular complexity index is 1290. The Morgan fingerprint density at radius 2 is 2.00 bits per heavy atom. The van der Waals surface area contributed by atoms with E-state index in [4.69, 9.17) is 4.74 Å². The summed E-state index contributed by atoms with van der Waals surface area (Å²) < 4.78 is 45.5. The molecule has 5 heterocycles. The van der Waals surface area contributed by atoms with Gasteiger partial charge in [-0.1, -0.05) is 0 Å². The molecule has 1 atom stereocenters. The Balaban J connectivity index is 1.42. The van der Waals surface area contributed by atoms with Crippen LogP contribution in [0.3, 0.4) is 0 Å². The molecule has 160 valence electrons. The first-order valence-electron chi connectivity index (χ1n) is 9.63. The molecule has 0 spiro atoms. The van der Waals surface area contributed by atoms with Crippen LogP contribution in [-0.4, -0.2) is 44.3 Å². The van der Waals surface area contributed by atoms with Crippen molar-refractivity contribution in [3.05, 3.63) is 41.6 Å². The van der Waals surface area contributed by atoms with E-state index < -0.39 is 11.9 Å². The summed E-state index contributed by atoms with van der Waals surface area (Å²) in [6.45, 7) is 5.10. The number of hydrogen-bond acceptors (Lipinski definition) is 8. The molecule has 1 aliphatic heterocycles. The van der Waals surface area contributed by atoms with Gasteiger partial charge >= 0.3 is 6.18 Å². The number of nitrogens with zero attached hydrogens (tertiary/aromatic N) is 6. The topological polar surface area (TPSA) is 76.9 Å². The van der Waals surface area contributed by atoms with E-state index >= 15 is 0 Å². The average Bonchev–Trinajstić information content (AvgIpc) is 3.35. The van der Waals surface area contributed by atoms with E-state index in [0.717, 1.165) is 49.8 Å². The number of alkyl halides is 3. The molecule has 11 heteroatoms. The molecule has 0 amide bonds. The van der Waals surface area contributed by atoms with Crippen LogP contribution in [0.25, 0.3) is 20.4 Å². The minimum Gasteiger partial charge on any atom is -0.488 e. The van der Waals surface area contributed by atoms with Gasteiger partial charge in [0.1, 0.15) is 34.5 Å². The van der Waals surface area contributed by atoms with Crippen molar-refractivity contribution in [2.24, 2.45) is 0 Å². The zero-order chi connectivity index (χ0) is 21.8. The Kier molecular flexibility index (Phi) is 4.65. The maximum Gasteiger partial charge on any atom is 0.433 e. The van der Waals surface area contributed by atoms with Gasteiger partial charge in [-0.25, -0.2) is 9.97 Å². The molecule has 1 aliphatic rings. The lowest BCUT2D eigenvalue weighted by Crippen LogP contribution is -2.25. The lowest BCUT2D eigenvalue weighted by Gasteiger charge is -2.18. The number of fused-ring (bicyclic) bond motifs is 3. The third kappa shape index (κ3) is 3.52. The fourth-order valence-electron chi connectivity index (χ4n) is 3.74. The molecule has 31 heavy (non-hydrogen) atoms. The number of aryl methyl sites for hydroxylation is 2. The summed E-state index contributed by atoms with van der Waals surface area (Å²) in [7, 11) is 0. The molecule has 0 unspecified atom stereocenters. The molecular formula is C20H17F3N6OS. The van der Waals surface area contributed by atoms with Gasteiger partial charge < -0.3 is 9.64 Å². The second kappa shape index (κ2) is 7.26. The standard InChI is InChI=1S/C20H17F3N6OS/c1-10-11(2)27-28-19-15(10)16-17(31-19)18(26-9-25-16)29-6-4-13(8-29)30-12-3-5-24-14(7-12)20(21,22)23/h3,5,7,9,13H,4,6,8H2,1-2H3/t13-/m1/s1. The number of thiophene rings is 1. The highest BCUT2D eigenvalue weighted by Gasteiger charge is 2.33. The van der Waals surface area contributed by atoms with E-state index in [1.165, 1.54) is 23.7 Å². The first-order valence-corrected chi connectivity index (χ1v) is 10.4. The van der Waals surface area contributed by atoms with Gasteiger partial charge in [0, 0.05) is 30.6 Å². The third-order valence-corrected chi connectivity index (χ3v) is 6.47. The second-order valence-corrected chi connectivity index (χ2v) is 8.42. The maximum atomic E-state index is 12.9. The zero-order valence-corrected chi connectivity index (χ0v) is 17.5. The predicted molar refractivity (Wildman–Crippen MR) is 110 cm³/mol. The smallest absolute Gasteiger partial charge is 0.433 e. The van der Waals surface area contributed by atoms with Gasteiger partial charge in [0.25, 0.3) is 0 Å². The van der Waals surface area contributed by atoms with Crippen molar-refractivity contribution in [3.8, 4) is 5.75 Å². The molecule has 5 rings (SSSR count). The molecule has 0 aromatic carbocycles. The molecule has 0 aliphatic carbocycles. The number of pyridine rings is 1. The van der Waals surface area contributed by atoms with Gasteiger partial charge in [0.15, 0.2) is 0 Å². The van der Waals surface area contributed by atoms with Crippen LogP contribution in [0.1, 0.15) is 23.4 Å². The molecule has 0 radical (unpaired) electrons. The van der Waals surface area contributed by atoms with Gasteiger partial charge in [0.2, 0.25) is 0 Å². The maximum absolute atomic E-state index is 12.9. The normalized spacial score (nSPS) is 17.1. The summed E-state index contributed by atoms with van der Waals surface area (Å²) >= 11 is 1.49. The van der Waals surface area contributed by atoms with Gasteiger partial charge in [-0.05, 0) is 25.5 Å². The summed E-state index contributed by atoms with van der Waals surface area (Å²) in [4.78, 5) is 15.2. The van der Waals surface area contributed by atoms with Gasteiger partial charge in [-0.3, -0.25) is 4.98 Å². The van der Waals surface area contributed by atoms with Crippen LogP contribution in [0.4, 0.5) is 19.0 Å². The van der Waals surface area contributed by atoms with Crippen molar-refractivity contribution in [2.75, 3.05) is 18.0 Å². The zero-order valence-electron chi connectivity index (χ0n) is 16.6. The third-order valence-electron chi connectivity index (χ3n) is 5.41. The van der Waals surface area contributed by atoms with E-state index in [0.29, 0.717) is 19.5 Å². The quantitative estimate of drug-likeness (QED) is 0.464. The molecule has 1 saturated heterocycles. The fourth-order valence-corrected chi connectivity index (χ4v) is 4.90. The number of halogens is 3. The molecular weight excluding hydrogens is 429 g/mol. The van der Waals surface area contributed by atoms with Crippen molar-refractivity contribution < 1.29 is 17.9 Å². The molecule has 0 saturated carbocycles. The Morgan fingerprint density at radius 3 is 2.81 bits per heavy atom. The van der Waals surface area contributed by atoms with Crippen molar-refractivity contribution in [3.63, 3.8) is 0 Å². The van der Waals surface area contributed by atoms with Gasteiger partial charge in [-0.2, -0.15) is 18.3 Å². The Labute approximate surface area is 178 Å². The van der Waals surface area contributed by atoms with Crippen molar-refractivity contribution in [1.29, 1.82) is 0 Å². The molecule has 0 N–H and O–H groups in total. The minimum atomic E-state index is -4.51. The van der Waals surface area contributed by atoms with Crippen LogP contribution in [0, 0.1) is 13.8 Å². The lowest BCUT2D eigenvalue weighted by molar-refractivity contribution is -0.141. The first kappa shape index (κ1) is 19.9. The summed E-state index contributed by atoms with van der Waals surface area (Å²) in [5, 5.41) is 9.50. The fraction of sp³-hybridized carbons (Fsp3) is 0.350. The molecule has 0 bridgehead atoms. The van der Waals surface area contributed by atoms with Crippen LogP contribution < -0.4 is 9.64 Å². The van der Waals surface area contributed by atoms with Gasteiger partial charge in [-0.15, -0.1) is 16.4 Å². The highest BCUT2D eigenvalue weighted by atomic mass is 32.1. The molecule has 1 fully saturated rings. The van der Waals surface area contributed by atoms with Crippen LogP contribution in [-0.2, 0) is 6.18 Å². The van der Waals surface area contributed by atoms with E-state index in [9.17, 15) is 13.2 Å². The van der Waals surface area contributed by atoms with Crippen molar-refractivity contribution >= 4 is 37.6 Å². The number of anilines is 1. The minimum absolute atomic E-state index is 0.158. The predicted octanol–water partition coefficient (Wildman–Crippen LogP) is 4.32. The average molecular weight is 446 g/mol. The summed E-state index contributed by atoms with van der Waals surface area (Å²) in [5.74, 6) is 0.937. The van der Waals surface area contributed by atoms with Crippen LogP contribution in [0.5, 0.6) is 5.75 Å². The Hall–Kier alpha value is -3.08. The van der Waals surface area contributed by atoms with Gasteiger partial charge in [0.05, 0.1) is 22.5 Å². The first-order chi connectivity index (χ1) is 14.8. The number of hydrogen-bond donors (Lipinski definition) is 0. The van der Waals surface area contributed by atoms with E-state index in [1.807, 2.05) is 13.8 Å². The Morgan fingerprint density at radius 1 is 1.16 bits per heavy atom. The summed E-state index contributed by atoms with van der Waals surface area (Å²) in [6.07, 6.45) is -1.45. The second-order valence-electron chi connectivity index (χ2n) is 7.42. The summed E-state index contributed by atoms with van der Waals surface area (Å²) in [6, 6.07) is 2.37. The number of aromatic nitrogens is 5. The SMILES string of the molecule is Cc1nnc2sc3c(N4CC[C@@H](Oc5ccnc(C(F)(F)F)c5)C4)ncnc3c2c1C. The molecule has 4 aromatic heterocycles. The molecule has 7 nitrogen and oxygen atoms in total. The van der Waals surface area contributed by atoms with E-state index in [1.54, 1.807) is 0 Å². The van der Waals surface area contributed by atoms with E-state index in [2.05, 4.69) is 30.0 Å². The van der Waals surface area contributed by atoms with Crippen LogP contribution >= 0.6 is 11.3 Å². The summed E-state index contributed by atoms with van der Waals surface area (Å²) in [5.41, 5.74) is 1.78. The number of rotatable bonds is 3. The molecule has 4 aromatic rings. The monoisotopic (exact) mass is 446 g/mol. The van der Waals surface area contributed by atoms with Crippen molar-refractivity contribution in [2.45, 2.75) is 32.5 Å². The highest BCUT2D eigenvalue weighted by molar-refractivity contribution is 7.26. The largest absolute Gasteiger partial charge is 0.488 e.